The Kier molecular flexibility index (Phi) is 2.85. The Morgan fingerprint density at radius 2 is 2.33 bits per heavy atom. The zero-order chi connectivity index (χ0) is 10.7. The predicted octanol–water partition coefficient (Wildman–Crippen LogP) is 1.62. The molecule has 0 amide bonds. The Labute approximate surface area is 88.4 Å². The Balaban J connectivity index is 1.83. The minimum Gasteiger partial charge on any atom is -0.461 e. The largest absolute Gasteiger partial charge is 0.461 e. The van der Waals surface area contributed by atoms with Crippen molar-refractivity contribution in [3.05, 3.63) is 23.9 Å². The smallest absolute Gasteiger partial charge is 0.357 e. The summed E-state index contributed by atoms with van der Waals surface area (Å²) >= 11 is 0. The number of esters is 1. The molecule has 0 atom stereocenters. The van der Waals surface area contributed by atoms with Gasteiger partial charge in [0.25, 0.3) is 0 Å². The molecule has 1 aromatic rings. The van der Waals surface area contributed by atoms with Gasteiger partial charge >= 0.3 is 5.97 Å². The third kappa shape index (κ3) is 2.94. The second-order valence-electron chi connectivity index (χ2n) is 3.82. The average molecular weight is 206 g/mol. The molecule has 1 saturated carbocycles. The van der Waals surface area contributed by atoms with E-state index >= 15 is 0 Å². The number of nitrogens with two attached hydrogens (primary N) is 1. The summed E-state index contributed by atoms with van der Waals surface area (Å²) in [5.74, 6) is 0.723. The molecule has 0 bridgehead atoms. The summed E-state index contributed by atoms with van der Waals surface area (Å²) in [5.41, 5.74) is 5.75. The van der Waals surface area contributed by atoms with Gasteiger partial charge in [0, 0.05) is 0 Å². The minimum absolute atomic E-state index is 0.283. The molecule has 1 heterocycles. The second-order valence-corrected chi connectivity index (χ2v) is 3.82. The summed E-state index contributed by atoms with van der Waals surface area (Å²) in [7, 11) is 0. The topological polar surface area (TPSA) is 65.2 Å². The van der Waals surface area contributed by atoms with Crippen molar-refractivity contribution in [1.82, 2.24) is 4.98 Å². The molecule has 2 rings (SSSR count). The number of rotatable bonds is 4. The highest BCUT2D eigenvalue weighted by Crippen LogP contribution is 2.32. The van der Waals surface area contributed by atoms with Gasteiger partial charge in [0.05, 0.1) is 6.61 Å². The zero-order valence-corrected chi connectivity index (χ0v) is 8.48. The van der Waals surface area contributed by atoms with Gasteiger partial charge in [0.15, 0.2) is 5.69 Å². The van der Waals surface area contributed by atoms with E-state index < -0.39 is 0 Å². The van der Waals surface area contributed by atoms with Crippen LogP contribution < -0.4 is 5.73 Å². The molecule has 0 aromatic carbocycles. The van der Waals surface area contributed by atoms with Crippen LogP contribution >= 0.6 is 0 Å². The highest BCUT2D eigenvalue weighted by atomic mass is 16.5. The average Bonchev–Trinajstić information content (AvgIpc) is 3.01. The van der Waals surface area contributed by atoms with Gasteiger partial charge in [-0.25, -0.2) is 9.78 Å². The fraction of sp³-hybridized carbons (Fsp3) is 0.455. The van der Waals surface area contributed by atoms with Crippen molar-refractivity contribution >= 4 is 11.8 Å². The number of pyridine rings is 1. The van der Waals surface area contributed by atoms with Crippen molar-refractivity contribution in [3.63, 3.8) is 0 Å². The van der Waals surface area contributed by atoms with Crippen molar-refractivity contribution in [3.8, 4) is 0 Å². The van der Waals surface area contributed by atoms with E-state index in [1.165, 1.54) is 12.8 Å². The molecule has 0 spiro atoms. The highest BCUT2D eigenvalue weighted by Gasteiger charge is 2.21. The fourth-order valence-corrected chi connectivity index (χ4v) is 1.36. The van der Waals surface area contributed by atoms with Gasteiger partial charge in [-0.05, 0) is 24.5 Å². The van der Waals surface area contributed by atoms with Crippen LogP contribution in [0.3, 0.4) is 0 Å². The van der Waals surface area contributed by atoms with Gasteiger partial charge in [-0.3, -0.25) is 0 Å². The van der Waals surface area contributed by atoms with Crippen molar-refractivity contribution in [2.24, 2.45) is 5.92 Å². The maximum absolute atomic E-state index is 11.5. The van der Waals surface area contributed by atoms with Gasteiger partial charge in [0.1, 0.15) is 5.82 Å². The van der Waals surface area contributed by atoms with Gasteiger partial charge in [-0.15, -0.1) is 0 Å². The maximum Gasteiger partial charge on any atom is 0.357 e. The molecule has 1 aliphatic carbocycles. The first-order valence-corrected chi connectivity index (χ1v) is 5.15. The molecular weight excluding hydrogens is 192 g/mol. The quantitative estimate of drug-likeness (QED) is 0.760. The summed E-state index contributed by atoms with van der Waals surface area (Å²) in [4.78, 5) is 15.3. The maximum atomic E-state index is 11.5. The molecule has 0 aliphatic heterocycles. The standard InChI is InChI=1S/C11H14N2O2/c12-10-3-1-2-9(13-10)11(14)15-7-6-8-4-5-8/h1-3,8H,4-7H2,(H2,12,13). The number of hydrogen-bond donors (Lipinski definition) is 1. The van der Waals surface area contributed by atoms with Crippen molar-refractivity contribution < 1.29 is 9.53 Å². The number of carbonyl (C=O) groups excluding carboxylic acids is 1. The van der Waals surface area contributed by atoms with Crippen LogP contribution in [0.2, 0.25) is 0 Å². The van der Waals surface area contributed by atoms with E-state index in [-0.39, 0.29) is 11.7 Å². The molecule has 0 saturated heterocycles. The van der Waals surface area contributed by atoms with E-state index in [0.29, 0.717) is 12.4 Å². The summed E-state index contributed by atoms with van der Waals surface area (Å²) in [5, 5.41) is 0. The number of hydrogen-bond acceptors (Lipinski definition) is 4. The molecule has 0 unspecified atom stereocenters. The van der Waals surface area contributed by atoms with Crippen molar-refractivity contribution in [2.75, 3.05) is 12.3 Å². The fourth-order valence-electron chi connectivity index (χ4n) is 1.36. The number of ether oxygens (including phenoxy) is 1. The van der Waals surface area contributed by atoms with Crippen LogP contribution in [0.5, 0.6) is 0 Å². The van der Waals surface area contributed by atoms with E-state index in [9.17, 15) is 4.79 Å². The third-order valence-electron chi connectivity index (χ3n) is 2.44. The molecule has 4 nitrogen and oxygen atoms in total. The Morgan fingerprint density at radius 1 is 1.53 bits per heavy atom. The Morgan fingerprint density at radius 3 is 3.00 bits per heavy atom. The second kappa shape index (κ2) is 4.29. The lowest BCUT2D eigenvalue weighted by Crippen LogP contribution is -2.09. The van der Waals surface area contributed by atoms with Crippen molar-refractivity contribution in [2.45, 2.75) is 19.3 Å². The number of carbonyl (C=O) groups is 1. The van der Waals surface area contributed by atoms with Gasteiger partial charge in [0.2, 0.25) is 0 Å². The Hall–Kier alpha value is -1.58. The van der Waals surface area contributed by atoms with Crippen LogP contribution in [0.1, 0.15) is 29.8 Å². The van der Waals surface area contributed by atoms with E-state index in [2.05, 4.69) is 4.98 Å². The lowest BCUT2D eigenvalue weighted by Gasteiger charge is -2.03. The molecule has 1 aliphatic rings. The molecule has 0 radical (unpaired) electrons. The lowest BCUT2D eigenvalue weighted by molar-refractivity contribution is 0.0488. The van der Waals surface area contributed by atoms with Crippen LogP contribution in [0.15, 0.2) is 18.2 Å². The number of nitrogen functional groups attached to an aromatic ring is 1. The number of anilines is 1. The van der Waals surface area contributed by atoms with E-state index in [0.717, 1.165) is 12.3 Å². The first-order valence-electron chi connectivity index (χ1n) is 5.15. The SMILES string of the molecule is Nc1cccc(C(=O)OCCC2CC2)n1. The monoisotopic (exact) mass is 206 g/mol. The van der Waals surface area contributed by atoms with Gasteiger partial charge in [-0.2, -0.15) is 0 Å². The summed E-state index contributed by atoms with van der Waals surface area (Å²) < 4.78 is 5.08. The van der Waals surface area contributed by atoms with Gasteiger partial charge in [-0.1, -0.05) is 18.9 Å². The van der Waals surface area contributed by atoms with Crippen LogP contribution in [-0.4, -0.2) is 17.6 Å². The van der Waals surface area contributed by atoms with E-state index in [1.807, 2.05) is 0 Å². The molecule has 2 N–H and O–H groups in total. The first kappa shape index (κ1) is 9.96. The number of aromatic nitrogens is 1. The molecule has 1 aromatic heterocycles. The third-order valence-corrected chi connectivity index (χ3v) is 2.44. The normalized spacial score (nSPS) is 14.9. The molecule has 1 fully saturated rings. The summed E-state index contributed by atoms with van der Waals surface area (Å²) in [6.45, 7) is 0.486. The first-order chi connectivity index (χ1) is 7.25. The minimum atomic E-state index is -0.386. The van der Waals surface area contributed by atoms with Gasteiger partial charge < -0.3 is 10.5 Å². The van der Waals surface area contributed by atoms with Crippen LogP contribution in [0.25, 0.3) is 0 Å². The highest BCUT2D eigenvalue weighted by molar-refractivity contribution is 5.87. The summed E-state index contributed by atoms with van der Waals surface area (Å²) in [6, 6.07) is 4.94. The Bertz CT molecular complexity index is 361. The van der Waals surface area contributed by atoms with Crippen LogP contribution in [0.4, 0.5) is 5.82 Å². The van der Waals surface area contributed by atoms with E-state index in [1.54, 1.807) is 18.2 Å². The molecular formula is C11H14N2O2. The molecule has 80 valence electrons. The zero-order valence-electron chi connectivity index (χ0n) is 8.48. The van der Waals surface area contributed by atoms with E-state index in [4.69, 9.17) is 10.5 Å². The summed E-state index contributed by atoms with van der Waals surface area (Å²) in [6.07, 6.45) is 3.51. The van der Waals surface area contributed by atoms with Crippen LogP contribution in [-0.2, 0) is 4.74 Å². The lowest BCUT2D eigenvalue weighted by atomic mass is 10.3. The molecule has 4 heteroatoms. The van der Waals surface area contributed by atoms with Crippen molar-refractivity contribution in [1.29, 1.82) is 0 Å². The molecule has 15 heavy (non-hydrogen) atoms. The van der Waals surface area contributed by atoms with Crippen LogP contribution in [0, 0.1) is 5.92 Å². The number of nitrogens with zero attached hydrogens (tertiary/aromatic N) is 1. The predicted molar refractivity (Wildman–Crippen MR) is 56.3 cm³/mol.